The lowest BCUT2D eigenvalue weighted by Crippen LogP contribution is -2.35. The second kappa shape index (κ2) is 8.15. The van der Waals surface area contributed by atoms with E-state index in [4.69, 9.17) is 21.1 Å². The molecule has 0 atom stereocenters. The smallest absolute Gasteiger partial charge is 0.128 e. The van der Waals surface area contributed by atoms with Crippen molar-refractivity contribution in [3.63, 3.8) is 0 Å². The molecule has 0 bridgehead atoms. The van der Waals surface area contributed by atoms with Crippen molar-refractivity contribution in [2.75, 3.05) is 33.9 Å². The van der Waals surface area contributed by atoms with E-state index in [1.807, 2.05) is 48.5 Å². The van der Waals surface area contributed by atoms with Crippen LogP contribution in [0.4, 0.5) is 0 Å². The van der Waals surface area contributed by atoms with E-state index in [2.05, 4.69) is 22.1 Å². The third-order valence-electron chi connectivity index (χ3n) is 5.07. The Morgan fingerprint density at radius 1 is 1.11 bits per heavy atom. The minimum absolute atomic E-state index is 0.508. The summed E-state index contributed by atoms with van der Waals surface area (Å²) in [4.78, 5) is 2.40. The number of rotatable bonds is 6. The monoisotopic (exact) mass is 397 g/mol. The molecule has 0 saturated carbocycles. The summed E-state index contributed by atoms with van der Waals surface area (Å²) in [6.07, 6.45) is 0.952. The molecule has 0 saturated heterocycles. The summed E-state index contributed by atoms with van der Waals surface area (Å²) in [6, 6.07) is 15.7. The van der Waals surface area contributed by atoms with E-state index in [0.717, 1.165) is 37.6 Å². The first-order valence-electron chi connectivity index (χ1n) is 9.39. The Hall–Kier alpha value is -2.66. The van der Waals surface area contributed by atoms with E-state index >= 15 is 0 Å². The van der Waals surface area contributed by atoms with Crippen molar-refractivity contribution in [1.82, 2.24) is 9.91 Å². The summed E-state index contributed by atoms with van der Waals surface area (Å²) in [5.74, 6) is 1.69. The van der Waals surface area contributed by atoms with E-state index in [1.165, 1.54) is 22.5 Å². The highest BCUT2D eigenvalue weighted by molar-refractivity contribution is 6.30. The largest absolute Gasteiger partial charge is 0.497 e. The summed E-state index contributed by atoms with van der Waals surface area (Å²) in [6.45, 7) is 3.07. The molecule has 0 aliphatic carbocycles. The number of hydrogen-bond donors (Lipinski definition) is 0. The van der Waals surface area contributed by atoms with Gasteiger partial charge in [-0.15, -0.1) is 0 Å². The number of methoxy groups -OCH3 is 1. The topological polar surface area (TPSA) is 37.3 Å². The van der Waals surface area contributed by atoms with Crippen LogP contribution in [-0.2, 0) is 6.54 Å². The van der Waals surface area contributed by atoms with Crippen molar-refractivity contribution in [3.05, 3.63) is 70.4 Å². The molecular formula is C22H24ClN3O2. The summed E-state index contributed by atoms with van der Waals surface area (Å²) >= 11 is 5.98. The van der Waals surface area contributed by atoms with Crippen LogP contribution in [0.3, 0.4) is 0 Å². The number of hydrogen-bond acceptors (Lipinski definition) is 5. The molecule has 2 aliphatic heterocycles. The quantitative estimate of drug-likeness (QED) is 0.732. The minimum Gasteiger partial charge on any atom is -0.497 e. The molecule has 6 heteroatoms. The zero-order valence-corrected chi connectivity index (χ0v) is 16.9. The van der Waals surface area contributed by atoms with Crippen molar-refractivity contribution < 1.29 is 9.47 Å². The molecule has 28 heavy (non-hydrogen) atoms. The second-order valence-corrected chi connectivity index (χ2v) is 7.49. The van der Waals surface area contributed by atoms with Crippen LogP contribution in [0.2, 0.25) is 5.02 Å². The molecule has 146 valence electrons. The second-order valence-electron chi connectivity index (χ2n) is 7.05. The number of ether oxygens (including phenoxy) is 2. The lowest BCUT2D eigenvalue weighted by molar-refractivity contribution is 0.256. The zero-order chi connectivity index (χ0) is 19.5. The van der Waals surface area contributed by atoms with Gasteiger partial charge in [0, 0.05) is 37.2 Å². The van der Waals surface area contributed by atoms with Crippen LogP contribution in [0.25, 0.3) is 0 Å². The van der Waals surface area contributed by atoms with Gasteiger partial charge in [-0.1, -0.05) is 23.7 Å². The van der Waals surface area contributed by atoms with Crippen LogP contribution in [0.1, 0.15) is 12.0 Å². The van der Waals surface area contributed by atoms with E-state index in [-0.39, 0.29) is 0 Å². The molecule has 2 aliphatic rings. The van der Waals surface area contributed by atoms with Gasteiger partial charge in [-0.2, -0.15) is 5.10 Å². The fourth-order valence-electron chi connectivity index (χ4n) is 3.67. The van der Waals surface area contributed by atoms with Gasteiger partial charge in [0.25, 0.3) is 0 Å². The van der Waals surface area contributed by atoms with Gasteiger partial charge in [0.05, 0.1) is 25.1 Å². The SMILES string of the molecule is COc1cccc(CN2CCC3=NN(C)CC3=C2COc2ccc(Cl)cc2)c1. The van der Waals surface area contributed by atoms with E-state index in [0.29, 0.717) is 11.6 Å². The highest BCUT2D eigenvalue weighted by atomic mass is 35.5. The average molecular weight is 398 g/mol. The molecule has 0 N–H and O–H groups in total. The lowest BCUT2D eigenvalue weighted by Gasteiger charge is -2.33. The number of nitrogens with zero attached hydrogens (tertiary/aromatic N) is 3. The standard InChI is InChI=1S/C22H24ClN3O2/c1-25-14-20-21(24-25)10-11-26(13-16-4-3-5-19(12-16)27-2)22(20)15-28-18-8-6-17(23)7-9-18/h3-9,12H,10-11,13-15H2,1-2H3. The van der Waals surface area contributed by atoms with Gasteiger partial charge in [-0.25, -0.2) is 0 Å². The normalized spacial score (nSPS) is 16.2. The molecule has 4 rings (SSSR count). The molecule has 0 radical (unpaired) electrons. The third-order valence-corrected chi connectivity index (χ3v) is 5.32. The van der Waals surface area contributed by atoms with Crippen molar-refractivity contribution in [2.24, 2.45) is 5.10 Å². The predicted octanol–water partition coefficient (Wildman–Crippen LogP) is 4.19. The summed E-state index contributed by atoms with van der Waals surface area (Å²) < 4.78 is 11.5. The zero-order valence-electron chi connectivity index (χ0n) is 16.2. The Kier molecular flexibility index (Phi) is 5.44. The first-order chi connectivity index (χ1) is 13.6. The number of halogens is 1. The van der Waals surface area contributed by atoms with Crippen LogP contribution < -0.4 is 9.47 Å². The third kappa shape index (κ3) is 4.09. The van der Waals surface area contributed by atoms with Crippen molar-refractivity contribution in [3.8, 4) is 11.5 Å². The Morgan fingerprint density at radius 2 is 1.93 bits per heavy atom. The molecule has 0 amide bonds. The molecule has 5 nitrogen and oxygen atoms in total. The maximum absolute atomic E-state index is 6.10. The highest BCUT2D eigenvalue weighted by Gasteiger charge is 2.29. The van der Waals surface area contributed by atoms with Gasteiger partial charge in [0.2, 0.25) is 0 Å². The van der Waals surface area contributed by atoms with Crippen LogP contribution in [0, 0.1) is 0 Å². The summed E-state index contributed by atoms with van der Waals surface area (Å²) in [5.41, 5.74) is 4.88. The van der Waals surface area contributed by atoms with Gasteiger partial charge in [-0.3, -0.25) is 5.01 Å². The van der Waals surface area contributed by atoms with Crippen LogP contribution in [0.5, 0.6) is 11.5 Å². The lowest BCUT2D eigenvalue weighted by atomic mass is 10.00. The van der Waals surface area contributed by atoms with Gasteiger partial charge in [0.15, 0.2) is 0 Å². The van der Waals surface area contributed by atoms with Crippen LogP contribution in [0.15, 0.2) is 64.9 Å². The van der Waals surface area contributed by atoms with Crippen LogP contribution in [-0.4, -0.2) is 49.5 Å². The number of hydrazone groups is 1. The van der Waals surface area contributed by atoms with Crippen LogP contribution >= 0.6 is 11.6 Å². The molecule has 0 aromatic heterocycles. The molecule has 2 heterocycles. The fourth-order valence-corrected chi connectivity index (χ4v) is 3.80. The molecule has 2 aromatic carbocycles. The maximum Gasteiger partial charge on any atom is 0.128 e. The van der Waals surface area contributed by atoms with E-state index in [1.54, 1.807) is 7.11 Å². The highest BCUT2D eigenvalue weighted by Crippen LogP contribution is 2.28. The summed E-state index contributed by atoms with van der Waals surface area (Å²) in [5, 5.41) is 7.38. The molecular weight excluding hydrogens is 374 g/mol. The Morgan fingerprint density at radius 3 is 2.71 bits per heavy atom. The molecule has 2 aromatic rings. The van der Waals surface area contributed by atoms with Crippen molar-refractivity contribution in [2.45, 2.75) is 13.0 Å². The molecule has 0 fully saturated rings. The molecule has 0 spiro atoms. The number of likely N-dealkylation sites (N-methyl/N-ethyl adjacent to an activating group) is 1. The Balaban J connectivity index is 1.57. The Labute approximate surface area is 170 Å². The van der Waals surface area contributed by atoms with Gasteiger partial charge >= 0.3 is 0 Å². The average Bonchev–Trinajstić information content (AvgIpc) is 3.09. The Bertz CT molecular complexity index is 908. The first kappa shape index (κ1) is 18.7. The van der Waals surface area contributed by atoms with Crippen molar-refractivity contribution in [1.29, 1.82) is 0 Å². The van der Waals surface area contributed by atoms with E-state index < -0.39 is 0 Å². The number of fused-ring (bicyclic) bond motifs is 1. The fraction of sp³-hybridized carbons (Fsp3) is 0.318. The number of benzene rings is 2. The minimum atomic E-state index is 0.508. The molecule has 0 unspecified atom stereocenters. The van der Waals surface area contributed by atoms with Crippen molar-refractivity contribution >= 4 is 17.3 Å². The van der Waals surface area contributed by atoms with E-state index in [9.17, 15) is 0 Å². The predicted molar refractivity (Wildman–Crippen MR) is 112 cm³/mol. The van der Waals surface area contributed by atoms with Gasteiger partial charge in [0.1, 0.15) is 18.1 Å². The van der Waals surface area contributed by atoms with Gasteiger partial charge in [-0.05, 0) is 42.0 Å². The summed E-state index contributed by atoms with van der Waals surface area (Å²) in [7, 11) is 3.72. The first-order valence-corrected chi connectivity index (χ1v) is 9.77. The maximum atomic E-state index is 6.10. The van der Waals surface area contributed by atoms with Gasteiger partial charge < -0.3 is 14.4 Å².